The van der Waals surface area contributed by atoms with Crippen LogP contribution in [0.2, 0.25) is 0 Å². The number of aromatic hydroxyl groups is 1. The summed E-state index contributed by atoms with van der Waals surface area (Å²) in [7, 11) is 0. The highest BCUT2D eigenvalue weighted by Crippen LogP contribution is 2.17. The Kier molecular flexibility index (Phi) is 8.53. The standard InChI is InChI=1S/C20H27N5O7/c21-13(8-11-3-5-12(26)6-4-11)18(29)24-14(9-16(22)27)19(30)23-10-17(28)25-7-1-2-15(25)20(31)32/h3-6,13-15,26H,1-2,7-10,21H2,(H2,22,27)(H,23,30)(H,24,29)(H,31,32). The van der Waals surface area contributed by atoms with E-state index in [2.05, 4.69) is 10.6 Å². The van der Waals surface area contributed by atoms with Crippen molar-refractivity contribution in [3.8, 4) is 5.75 Å². The molecular formula is C20H27N5O7. The van der Waals surface area contributed by atoms with Crippen molar-refractivity contribution in [2.24, 2.45) is 11.5 Å². The maximum atomic E-state index is 12.5. The molecule has 0 spiro atoms. The summed E-state index contributed by atoms with van der Waals surface area (Å²) in [6, 6.07) is 2.70. The van der Waals surface area contributed by atoms with Gasteiger partial charge in [-0.25, -0.2) is 4.79 Å². The minimum absolute atomic E-state index is 0.0584. The molecule has 3 unspecified atom stereocenters. The van der Waals surface area contributed by atoms with Crippen molar-refractivity contribution >= 4 is 29.6 Å². The molecule has 0 saturated carbocycles. The number of primary amides is 1. The van der Waals surface area contributed by atoms with E-state index in [0.29, 0.717) is 18.4 Å². The molecule has 1 aromatic rings. The number of carboxylic acid groups (broad SMARTS) is 1. The first-order valence-corrected chi connectivity index (χ1v) is 10.0. The van der Waals surface area contributed by atoms with Crippen molar-refractivity contribution in [3.63, 3.8) is 0 Å². The van der Waals surface area contributed by atoms with Gasteiger partial charge < -0.3 is 37.2 Å². The van der Waals surface area contributed by atoms with Crippen molar-refractivity contribution < 1.29 is 34.2 Å². The predicted molar refractivity (Wildman–Crippen MR) is 111 cm³/mol. The number of carboxylic acids is 1. The normalized spacial score (nSPS) is 17.3. The monoisotopic (exact) mass is 449 g/mol. The third-order valence-electron chi connectivity index (χ3n) is 5.04. The van der Waals surface area contributed by atoms with Gasteiger partial charge >= 0.3 is 5.97 Å². The topological polar surface area (TPSA) is 205 Å². The molecule has 1 aliphatic heterocycles. The van der Waals surface area contributed by atoms with Gasteiger partial charge in [0.25, 0.3) is 0 Å². The molecule has 12 heteroatoms. The zero-order chi connectivity index (χ0) is 23.8. The number of hydrogen-bond acceptors (Lipinski definition) is 7. The summed E-state index contributed by atoms with van der Waals surface area (Å²) < 4.78 is 0. The molecule has 0 bridgehead atoms. The Morgan fingerprint density at radius 3 is 2.38 bits per heavy atom. The number of hydrogen-bond donors (Lipinski definition) is 6. The summed E-state index contributed by atoms with van der Waals surface area (Å²) in [5.74, 6) is -4.04. The molecule has 2 rings (SSSR count). The van der Waals surface area contributed by atoms with E-state index in [-0.39, 0.29) is 18.7 Å². The number of nitrogens with one attached hydrogen (secondary N) is 2. The van der Waals surface area contributed by atoms with Gasteiger partial charge in [0.05, 0.1) is 19.0 Å². The van der Waals surface area contributed by atoms with Crippen molar-refractivity contribution in [1.29, 1.82) is 0 Å². The largest absolute Gasteiger partial charge is 0.508 e. The maximum absolute atomic E-state index is 12.5. The van der Waals surface area contributed by atoms with Gasteiger partial charge in [0.2, 0.25) is 23.6 Å². The average molecular weight is 449 g/mol. The molecule has 1 aromatic carbocycles. The summed E-state index contributed by atoms with van der Waals surface area (Å²) in [6.07, 6.45) is 0.463. The molecule has 1 aliphatic rings. The van der Waals surface area contributed by atoms with Crippen LogP contribution in [0.25, 0.3) is 0 Å². The molecule has 0 radical (unpaired) electrons. The molecule has 3 atom stereocenters. The minimum Gasteiger partial charge on any atom is -0.508 e. The van der Waals surface area contributed by atoms with Crippen LogP contribution in [-0.2, 0) is 30.4 Å². The third kappa shape index (κ3) is 6.94. The Morgan fingerprint density at radius 2 is 1.78 bits per heavy atom. The number of phenolic OH excluding ortho intramolecular Hbond substituents is 1. The van der Waals surface area contributed by atoms with Gasteiger partial charge in [-0.15, -0.1) is 0 Å². The fraction of sp³-hybridized carbons (Fsp3) is 0.450. The Balaban J connectivity index is 1.94. The van der Waals surface area contributed by atoms with E-state index in [4.69, 9.17) is 16.6 Å². The zero-order valence-electron chi connectivity index (χ0n) is 17.3. The number of likely N-dealkylation sites (tertiary alicyclic amines) is 1. The number of rotatable bonds is 10. The highest BCUT2D eigenvalue weighted by molar-refractivity contribution is 5.95. The van der Waals surface area contributed by atoms with Crippen molar-refractivity contribution in [1.82, 2.24) is 15.5 Å². The second-order valence-electron chi connectivity index (χ2n) is 7.51. The van der Waals surface area contributed by atoms with E-state index in [1.54, 1.807) is 12.1 Å². The fourth-order valence-electron chi connectivity index (χ4n) is 3.38. The van der Waals surface area contributed by atoms with E-state index < -0.39 is 60.7 Å². The number of carbonyl (C=O) groups is 5. The van der Waals surface area contributed by atoms with Crippen LogP contribution in [0.3, 0.4) is 0 Å². The number of benzene rings is 1. The van der Waals surface area contributed by atoms with Gasteiger partial charge in [0, 0.05) is 6.54 Å². The molecule has 12 nitrogen and oxygen atoms in total. The van der Waals surface area contributed by atoms with Gasteiger partial charge in [-0.05, 0) is 37.0 Å². The van der Waals surface area contributed by atoms with Gasteiger partial charge in [0.1, 0.15) is 17.8 Å². The Labute approximate surface area is 183 Å². The summed E-state index contributed by atoms with van der Waals surface area (Å²) in [5.41, 5.74) is 11.7. The van der Waals surface area contributed by atoms with Crippen molar-refractivity contribution in [2.45, 2.75) is 43.8 Å². The Hall–Kier alpha value is -3.67. The van der Waals surface area contributed by atoms with Crippen LogP contribution in [0.15, 0.2) is 24.3 Å². The molecule has 1 heterocycles. The summed E-state index contributed by atoms with van der Waals surface area (Å²) in [5, 5.41) is 23.1. The lowest BCUT2D eigenvalue weighted by atomic mass is 10.0. The lowest BCUT2D eigenvalue weighted by Gasteiger charge is -2.23. The first-order valence-electron chi connectivity index (χ1n) is 10.0. The number of nitrogens with two attached hydrogens (primary N) is 2. The molecule has 0 aromatic heterocycles. The van der Waals surface area contributed by atoms with Crippen LogP contribution < -0.4 is 22.1 Å². The fourth-order valence-corrected chi connectivity index (χ4v) is 3.38. The summed E-state index contributed by atoms with van der Waals surface area (Å²) >= 11 is 0. The van der Waals surface area contributed by atoms with E-state index in [1.807, 2.05) is 0 Å². The minimum atomic E-state index is -1.35. The third-order valence-corrected chi connectivity index (χ3v) is 5.04. The predicted octanol–water partition coefficient (Wildman–Crippen LogP) is -2.19. The quantitative estimate of drug-likeness (QED) is 0.231. The van der Waals surface area contributed by atoms with Gasteiger partial charge in [0.15, 0.2) is 0 Å². The number of amides is 4. The highest BCUT2D eigenvalue weighted by Gasteiger charge is 2.34. The van der Waals surface area contributed by atoms with Crippen LogP contribution in [0.1, 0.15) is 24.8 Å². The second kappa shape index (κ2) is 11.1. The molecular weight excluding hydrogens is 422 g/mol. The number of carbonyl (C=O) groups excluding carboxylic acids is 4. The average Bonchev–Trinajstić information content (AvgIpc) is 3.23. The van der Waals surface area contributed by atoms with Crippen LogP contribution in [0, 0.1) is 0 Å². The summed E-state index contributed by atoms with van der Waals surface area (Å²) in [6.45, 7) is -0.230. The molecule has 32 heavy (non-hydrogen) atoms. The van der Waals surface area contributed by atoms with Crippen LogP contribution in [0.4, 0.5) is 0 Å². The SMILES string of the molecule is NC(=O)CC(NC(=O)C(N)Cc1ccc(O)cc1)C(=O)NCC(=O)N1CCCC1C(=O)O. The smallest absolute Gasteiger partial charge is 0.326 e. The molecule has 1 fully saturated rings. The first-order chi connectivity index (χ1) is 15.1. The van der Waals surface area contributed by atoms with Crippen LogP contribution in [-0.4, -0.2) is 75.9 Å². The Morgan fingerprint density at radius 1 is 1.12 bits per heavy atom. The number of nitrogens with zero attached hydrogens (tertiary/aromatic N) is 1. The first kappa shape index (κ1) is 24.6. The molecule has 0 aliphatic carbocycles. The van der Waals surface area contributed by atoms with E-state index >= 15 is 0 Å². The van der Waals surface area contributed by atoms with Gasteiger partial charge in [-0.3, -0.25) is 19.2 Å². The van der Waals surface area contributed by atoms with Gasteiger partial charge in [-0.1, -0.05) is 12.1 Å². The maximum Gasteiger partial charge on any atom is 0.326 e. The molecule has 4 amide bonds. The van der Waals surface area contributed by atoms with Gasteiger partial charge in [-0.2, -0.15) is 0 Å². The zero-order valence-corrected chi connectivity index (χ0v) is 17.3. The highest BCUT2D eigenvalue weighted by atomic mass is 16.4. The number of phenols is 1. The van der Waals surface area contributed by atoms with E-state index in [9.17, 15) is 29.1 Å². The molecule has 174 valence electrons. The molecule has 8 N–H and O–H groups in total. The Bertz CT molecular complexity index is 874. The van der Waals surface area contributed by atoms with E-state index in [1.165, 1.54) is 12.1 Å². The van der Waals surface area contributed by atoms with Crippen LogP contribution in [0.5, 0.6) is 5.75 Å². The van der Waals surface area contributed by atoms with Crippen molar-refractivity contribution in [3.05, 3.63) is 29.8 Å². The second-order valence-corrected chi connectivity index (χ2v) is 7.51. The lowest BCUT2D eigenvalue weighted by molar-refractivity contribution is -0.148. The number of aliphatic carboxylic acids is 1. The lowest BCUT2D eigenvalue weighted by Crippen LogP contribution is -2.54. The van der Waals surface area contributed by atoms with Crippen molar-refractivity contribution in [2.75, 3.05) is 13.1 Å². The van der Waals surface area contributed by atoms with E-state index in [0.717, 1.165) is 4.90 Å². The summed E-state index contributed by atoms with van der Waals surface area (Å²) in [4.78, 5) is 60.9. The molecule has 1 saturated heterocycles. The van der Waals surface area contributed by atoms with Crippen LogP contribution >= 0.6 is 0 Å².